The molecule has 1 N–H and O–H groups in total. The summed E-state index contributed by atoms with van der Waals surface area (Å²) in [5.41, 5.74) is 0. The minimum atomic E-state index is -4.34. The smallest absolute Gasteiger partial charge is 0.325 e. The minimum absolute atomic E-state index is 0.0713. The Balaban J connectivity index is 4.35. The normalized spacial score (nSPS) is 12.8. The molecule has 0 spiro atoms. The van der Waals surface area contributed by atoms with E-state index < -0.39 is 33.7 Å². The maximum absolute atomic E-state index is 11.9. The second-order valence-electron chi connectivity index (χ2n) is 5.69. The van der Waals surface area contributed by atoms with Gasteiger partial charge in [0, 0.05) is 0 Å². The Labute approximate surface area is 144 Å². The van der Waals surface area contributed by atoms with Crippen molar-refractivity contribution >= 4 is 22.1 Å². The van der Waals surface area contributed by atoms with E-state index in [0.29, 0.717) is 12.8 Å². The van der Waals surface area contributed by atoms with Gasteiger partial charge < -0.3 is 9.84 Å². The van der Waals surface area contributed by atoms with Gasteiger partial charge in [-0.3, -0.25) is 13.8 Å². The molecule has 1 unspecified atom stereocenters. The number of esters is 1. The van der Waals surface area contributed by atoms with Gasteiger partial charge in [0.25, 0.3) is 10.1 Å². The first-order valence-corrected chi connectivity index (χ1v) is 10.1. The van der Waals surface area contributed by atoms with Crippen molar-refractivity contribution in [1.82, 2.24) is 0 Å². The summed E-state index contributed by atoms with van der Waals surface area (Å²) in [7, 11) is -4.34. The number of unbranched alkanes of at least 4 members (excludes halogenated alkanes) is 6. The highest BCUT2D eigenvalue weighted by molar-refractivity contribution is 7.88. The number of carboxylic acids is 1. The third kappa shape index (κ3) is 10.6. The fourth-order valence-electron chi connectivity index (χ4n) is 2.02. The van der Waals surface area contributed by atoms with Gasteiger partial charge >= 0.3 is 11.9 Å². The van der Waals surface area contributed by atoms with Crippen LogP contribution in [-0.4, -0.2) is 43.9 Å². The quantitative estimate of drug-likeness (QED) is 0.270. The van der Waals surface area contributed by atoms with Gasteiger partial charge in [-0.2, -0.15) is 8.42 Å². The molecule has 8 heteroatoms. The van der Waals surface area contributed by atoms with E-state index in [9.17, 15) is 18.0 Å². The lowest BCUT2D eigenvalue weighted by atomic mass is 10.2. The second-order valence-corrected chi connectivity index (χ2v) is 7.48. The summed E-state index contributed by atoms with van der Waals surface area (Å²) in [6.45, 7) is 4.17. The largest absolute Gasteiger partial charge is 0.480 e. The molecule has 0 bridgehead atoms. The summed E-state index contributed by atoms with van der Waals surface area (Å²) in [4.78, 5) is 22.8. The van der Waals surface area contributed by atoms with Gasteiger partial charge in [0.05, 0.1) is 19.6 Å². The van der Waals surface area contributed by atoms with Crippen molar-refractivity contribution in [2.75, 3.05) is 13.2 Å². The van der Waals surface area contributed by atoms with Crippen LogP contribution in [0.2, 0.25) is 0 Å². The molecule has 0 rings (SSSR count). The predicted molar refractivity (Wildman–Crippen MR) is 90.2 cm³/mol. The number of aliphatic carboxylic acids is 1. The number of ether oxygens (including phenoxy) is 1. The lowest BCUT2D eigenvalue weighted by Gasteiger charge is -2.13. The summed E-state index contributed by atoms with van der Waals surface area (Å²) in [6.07, 6.45) is 6.21. The number of carbonyl (C=O) groups is 2. The van der Waals surface area contributed by atoms with E-state index in [1.54, 1.807) is 0 Å². The van der Waals surface area contributed by atoms with Crippen LogP contribution < -0.4 is 0 Å². The third-order valence-corrected chi connectivity index (χ3v) is 5.04. The van der Waals surface area contributed by atoms with Crippen molar-refractivity contribution in [1.29, 1.82) is 0 Å². The average Bonchev–Trinajstić information content (AvgIpc) is 2.51. The molecule has 0 fully saturated rings. The van der Waals surface area contributed by atoms with Crippen molar-refractivity contribution in [3.8, 4) is 0 Å². The first kappa shape index (κ1) is 22.9. The third-order valence-electron chi connectivity index (χ3n) is 3.48. The lowest BCUT2D eigenvalue weighted by Crippen LogP contribution is -2.34. The molecular weight excluding hydrogens is 336 g/mol. The van der Waals surface area contributed by atoms with Gasteiger partial charge in [-0.1, -0.05) is 52.4 Å². The van der Waals surface area contributed by atoms with Gasteiger partial charge in [0.2, 0.25) is 0 Å². The fourth-order valence-corrected chi connectivity index (χ4v) is 3.13. The number of carboxylic acid groups (broad SMARTS) is 1. The van der Waals surface area contributed by atoms with Crippen molar-refractivity contribution in [3.05, 3.63) is 0 Å². The molecule has 0 saturated carbocycles. The molecule has 0 aromatic carbocycles. The van der Waals surface area contributed by atoms with Crippen LogP contribution in [0.5, 0.6) is 0 Å². The summed E-state index contributed by atoms with van der Waals surface area (Å²) >= 11 is 0. The fraction of sp³-hybridized carbons (Fsp3) is 0.875. The van der Waals surface area contributed by atoms with Crippen LogP contribution in [0.4, 0.5) is 0 Å². The highest BCUT2D eigenvalue weighted by Gasteiger charge is 2.36. The topological polar surface area (TPSA) is 107 Å². The minimum Gasteiger partial charge on any atom is -0.480 e. The SMILES string of the molecule is CCCCCCOC(=O)CC(C(=O)O)S(=O)(=O)OCCCCCC. The zero-order valence-corrected chi connectivity index (χ0v) is 15.5. The maximum Gasteiger partial charge on any atom is 0.325 e. The zero-order chi connectivity index (χ0) is 18.4. The summed E-state index contributed by atoms with van der Waals surface area (Å²) in [6, 6.07) is 0. The van der Waals surface area contributed by atoms with Gasteiger partial charge in [-0.05, 0) is 12.8 Å². The molecule has 0 radical (unpaired) electrons. The molecule has 0 aromatic heterocycles. The van der Waals surface area contributed by atoms with Crippen molar-refractivity contribution < 1.29 is 32.0 Å². The molecule has 1 atom stereocenters. The Morgan fingerprint density at radius 3 is 1.96 bits per heavy atom. The van der Waals surface area contributed by atoms with E-state index in [0.717, 1.165) is 38.5 Å². The molecule has 24 heavy (non-hydrogen) atoms. The number of carbonyl (C=O) groups excluding carboxylic acids is 1. The van der Waals surface area contributed by atoms with Gasteiger partial charge in [0.1, 0.15) is 0 Å². The maximum atomic E-state index is 11.9. The van der Waals surface area contributed by atoms with Crippen LogP contribution in [0, 0.1) is 0 Å². The predicted octanol–water partition coefficient (Wildman–Crippen LogP) is 2.88. The van der Waals surface area contributed by atoms with Crippen LogP contribution in [0.3, 0.4) is 0 Å². The van der Waals surface area contributed by atoms with Crippen molar-refractivity contribution in [2.45, 2.75) is 76.9 Å². The van der Waals surface area contributed by atoms with Crippen LogP contribution in [0.25, 0.3) is 0 Å². The van der Waals surface area contributed by atoms with Crippen LogP contribution in [0.15, 0.2) is 0 Å². The molecule has 0 heterocycles. The van der Waals surface area contributed by atoms with Gasteiger partial charge in [0.15, 0.2) is 5.25 Å². The van der Waals surface area contributed by atoms with E-state index in [2.05, 4.69) is 6.92 Å². The molecule has 0 aliphatic rings. The monoisotopic (exact) mass is 366 g/mol. The van der Waals surface area contributed by atoms with E-state index in [1.165, 1.54) is 0 Å². The lowest BCUT2D eigenvalue weighted by molar-refractivity contribution is -0.147. The number of rotatable bonds is 15. The van der Waals surface area contributed by atoms with E-state index in [4.69, 9.17) is 14.0 Å². The molecule has 0 amide bonds. The van der Waals surface area contributed by atoms with Gasteiger partial charge in [-0.25, -0.2) is 0 Å². The standard InChI is InChI=1S/C16H30O7S/c1-3-5-7-9-11-22-15(17)13-14(16(18)19)24(20,21)23-12-10-8-6-4-2/h14H,3-13H2,1-2H3,(H,18,19). The molecular formula is C16H30O7S. The molecule has 0 aromatic rings. The van der Waals surface area contributed by atoms with E-state index >= 15 is 0 Å². The van der Waals surface area contributed by atoms with Crippen LogP contribution in [0.1, 0.15) is 71.6 Å². The highest BCUT2D eigenvalue weighted by Crippen LogP contribution is 2.12. The Hall–Kier alpha value is -1.15. The first-order valence-electron chi connectivity index (χ1n) is 8.61. The Bertz CT molecular complexity index is 459. The molecule has 0 aliphatic carbocycles. The van der Waals surface area contributed by atoms with E-state index in [-0.39, 0.29) is 13.2 Å². The molecule has 0 aliphatic heterocycles. The van der Waals surface area contributed by atoms with Gasteiger partial charge in [-0.15, -0.1) is 0 Å². The summed E-state index contributed by atoms with van der Waals surface area (Å²) < 4.78 is 33.5. The summed E-state index contributed by atoms with van der Waals surface area (Å²) in [5, 5.41) is 7.15. The summed E-state index contributed by atoms with van der Waals surface area (Å²) in [5.74, 6) is -2.44. The molecule has 7 nitrogen and oxygen atoms in total. The highest BCUT2D eigenvalue weighted by atomic mass is 32.2. The molecule has 142 valence electrons. The van der Waals surface area contributed by atoms with E-state index in [1.807, 2.05) is 6.92 Å². The number of hydrogen-bond acceptors (Lipinski definition) is 6. The zero-order valence-electron chi connectivity index (χ0n) is 14.7. The van der Waals surface area contributed by atoms with Crippen molar-refractivity contribution in [2.24, 2.45) is 0 Å². The molecule has 0 saturated heterocycles. The van der Waals surface area contributed by atoms with Crippen LogP contribution in [-0.2, 0) is 28.6 Å². The van der Waals surface area contributed by atoms with Crippen molar-refractivity contribution in [3.63, 3.8) is 0 Å². The first-order chi connectivity index (χ1) is 11.3. The Kier molecular flexibility index (Phi) is 12.5. The number of hydrogen-bond donors (Lipinski definition) is 1. The van der Waals surface area contributed by atoms with Crippen LogP contribution >= 0.6 is 0 Å². The Morgan fingerprint density at radius 1 is 0.917 bits per heavy atom. The second kappa shape index (κ2) is 13.2. The Morgan fingerprint density at radius 2 is 1.46 bits per heavy atom. The average molecular weight is 366 g/mol.